The number of carbonyl (C=O) groups is 2. The van der Waals surface area contributed by atoms with Gasteiger partial charge in [0.25, 0.3) is 5.69 Å². The predicted octanol–water partition coefficient (Wildman–Crippen LogP) is 9.93. The molecule has 3 aromatic carbocycles. The van der Waals surface area contributed by atoms with Crippen LogP contribution in [0.5, 0.6) is 11.5 Å². The number of fused-ring (bicyclic) bond motifs is 2. The van der Waals surface area contributed by atoms with Crippen LogP contribution in [0, 0.1) is 33.8 Å². The number of allylic oxidation sites excluding steroid dienone is 1. The number of benzene rings is 3. The van der Waals surface area contributed by atoms with Gasteiger partial charge in [0, 0.05) is 62.8 Å². The molecule has 0 bridgehead atoms. The van der Waals surface area contributed by atoms with E-state index in [9.17, 15) is 29.9 Å². The quantitative estimate of drug-likeness (QED) is 0.0339. The minimum atomic E-state index is -1.41. The van der Waals surface area contributed by atoms with E-state index in [2.05, 4.69) is 24.9 Å². The molecule has 2 amide bonds. The molecule has 67 heavy (non-hydrogen) atoms. The summed E-state index contributed by atoms with van der Waals surface area (Å²) >= 11 is 0. The summed E-state index contributed by atoms with van der Waals surface area (Å²) in [5.41, 5.74) is 4.00. The average molecular weight is 921 g/mol. The SMILES string of the molecule is C=CCO[C@@]12Oc3ccc(OC(=O)NCc4ccccc4)cc3[C@H]3[C@H](CCCCO)[C@@H](CCCCO)C=C(C(=NOCc4ccc([N+](=O)[O-])cc4)C[C@@H]1N(CCC)C(=O)CCC1CCCC1)[C@H]32. The van der Waals surface area contributed by atoms with Crippen LogP contribution in [0.15, 0.2) is 102 Å². The summed E-state index contributed by atoms with van der Waals surface area (Å²) < 4.78 is 20.5. The standard InChI is InChI=1S/C53H68N4O10/c1-3-28-56(49(60)27-22-37-14-8-9-15-37)48-34-46(55-65-36-39-20-23-41(24-21-39)57(62)63)44-32-40(18-10-12-29-58)43(19-11-13-30-59)50-45-33-42(66-52(61)54-35-38-16-6-5-7-17-38)25-26-47(45)67-53(48,51(44)50)64-31-4-2/h4-7,16-17,20-21,23-26,32-33,37,40,43,48,50-51,58-59H,2-3,8-15,18-19,22,27-31,34-36H2,1H3,(H,54,61)/t40-,43+,48-,50+,51+,53+/m0/s1. The van der Waals surface area contributed by atoms with E-state index >= 15 is 0 Å². The third kappa shape index (κ3) is 11.9. The van der Waals surface area contributed by atoms with Crippen molar-refractivity contribution < 1.29 is 43.8 Å². The first-order valence-corrected chi connectivity index (χ1v) is 24.4. The second-order valence-corrected chi connectivity index (χ2v) is 18.5. The molecular weight excluding hydrogens is 853 g/mol. The highest BCUT2D eigenvalue weighted by molar-refractivity contribution is 6.03. The smallest absolute Gasteiger partial charge is 0.412 e. The molecule has 3 N–H and O–H groups in total. The largest absolute Gasteiger partial charge is 0.459 e. The molecule has 3 aliphatic carbocycles. The van der Waals surface area contributed by atoms with E-state index < -0.39 is 28.8 Å². The number of carbonyl (C=O) groups excluding carboxylic acids is 2. The van der Waals surface area contributed by atoms with Crippen LogP contribution in [0.3, 0.4) is 0 Å². The van der Waals surface area contributed by atoms with Crippen LogP contribution in [-0.2, 0) is 27.5 Å². The molecule has 6 atom stereocenters. The Kier molecular flexibility index (Phi) is 17.6. The number of rotatable bonds is 24. The van der Waals surface area contributed by atoms with Gasteiger partial charge in [-0.25, -0.2) is 4.79 Å². The lowest BCUT2D eigenvalue weighted by Crippen LogP contribution is -2.70. The maximum absolute atomic E-state index is 14.8. The van der Waals surface area contributed by atoms with Gasteiger partial charge in [-0.1, -0.05) is 93.1 Å². The van der Waals surface area contributed by atoms with Crippen molar-refractivity contribution in [3.63, 3.8) is 0 Å². The molecule has 3 aromatic rings. The van der Waals surface area contributed by atoms with Gasteiger partial charge >= 0.3 is 6.09 Å². The summed E-state index contributed by atoms with van der Waals surface area (Å²) in [6.07, 6.45) is 14.5. The molecule has 0 spiro atoms. The molecule has 360 valence electrons. The Bertz CT molecular complexity index is 2190. The number of non-ortho nitro benzene ring substituents is 1. The minimum absolute atomic E-state index is 0.000460. The lowest BCUT2D eigenvalue weighted by molar-refractivity contribution is -0.384. The summed E-state index contributed by atoms with van der Waals surface area (Å²) in [5, 5.41) is 39.1. The molecule has 0 radical (unpaired) electrons. The molecule has 7 rings (SSSR count). The molecule has 2 fully saturated rings. The third-order valence-corrected chi connectivity index (χ3v) is 14.1. The van der Waals surface area contributed by atoms with E-state index in [4.69, 9.17) is 24.2 Å². The van der Waals surface area contributed by atoms with Crippen LogP contribution in [-0.4, -0.2) is 75.9 Å². The normalized spacial score (nSPS) is 23.6. The molecule has 1 aliphatic heterocycles. The number of aliphatic hydroxyl groups excluding tert-OH is 2. The van der Waals surface area contributed by atoms with E-state index in [0.29, 0.717) is 67.5 Å². The van der Waals surface area contributed by atoms with Crippen molar-refractivity contribution in [2.24, 2.45) is 28.8 Å². The summed E-state index contributed by atoms with van der Waals surface area (Å²) in [5.74, 6) is -0.796. The predicted molar refractivity (Wildman–Crippen MR) is 255 cm³/mol. The lowest BCUT2D eigenvalue weighted by Gasteiger charge is -2.60. The second kappa shape index (κ2) is 23.9. The highest BCUT2D eigenvalue weighted by Crippen LogP contribution is 2.62. The van der Waals surface area contributed by atoms with E-state index in [0.717, 1.165) is 61.6 Å². The van der Waals surface area contributed by atoms with Gasteiger partial charge in [0.15, 0.2) is 0 Å². The van der Waals surface area contributed by atoms with E-state index in [1.54, 1.807) is 24.3 Å². The van der Waals surface area contributed by atoms with E-state index in [1.807, 2.05) is 47.4 Å². The number of aliphatic hydroxyl groups is 2. The van der Waals surface area contributed by atoms with Gasteiger partial charge in [-0.2, -0.15) is 0 Å². The first-order chi connectivity index (χ1) is 32.7. The van der Waals surface area contributed by atoms with Gasteiger partial charge in [-0.3, -0.25) is 14.9 Å². The van der Waals surface area contributed by atoms with Gasteiger partial charge in [0.2, 0.25) is 11.7 Å². The number of unbranched alkanes of at least 4 members (excludes halogenated alkanes) is 2. The van der Waals surface area contributed by atoms with Crippen LogP contribution in [0.2, 0.25) is 0 Å². The van der Waals surface area contributed by atoms with Crippen LogP contribution >= 0.6 is 0 Å². The monoisotopic (exact) mass is 920 g/mol. The molecule has 0 unspecified atom stereocenters. The van der Waals surface area contributed by atoms with Crippen molar-refractivity contribution in [1.82, 2.24) is 10.2 Å². The Hall–Kier alpha value is -5.57. The fraction of sp³-hybridized carbons (Fsp3) is 0.528. The zero-order valence-electron chi connectivity index (χ0n) is 38.9. The molecular formula is C53H68N4O10. The second-order valence-electron chi connectivity index (χ2n) is 18.5. The zero-order valence-corrected chi connectivity index (χ0v) is 38.9. The van der Waals surface area contributed by atoms with Crippen molar-refractivity contribution in [3.8, 4) is 11.5 Å². The highest BCUT2D eigenvalue weighted by Gasteiger charge is 2.65. The average Bonchev–Trinajstić information content (AvgIpc) is 3.87. The number of amides is 2. The summed E-state index contributed by atoms with van der Waals surface area (Å²) in [7, 11) is 0. The number of nitro benzene ring substituents is 1. The fourth-order valence-corrected chi connectivity index (χ4v) is 11.0. The van der Waals surface area contributed by atoms with Gasteiger partial charge < -0.3 is 39.5 Å². The molecule has 14 nitrogen and oxygen atoms in total. The Morgan fingerprint density at radius 2 is 1.73 bits per heavy atom. The topological polar surface area (TPSA) is 182 Å². The molecule has 1 heterocycles. The Morgan fingerprint density at radius 1 is 0.985 bits per heavy atom. The number of hydrogen-bond donors (Lipinski definition) is 3. The van der Waals surface area contributed by atoms with Crippen LogP contribution in [0.1, 0.15) is 119 Å². The molecule has 4 aliphatic rings. The van der Waals surface area contributed by atoms with Crippen molar-refractivity contribution in [2.75, 3.05) is 26.4 Å². The van der Waals surface area contributed by atoms with Crippen LogP contribution in [0.4, 0.5) is 10.5 Å². The number of ether oxygens (including phenoxy) is 3. The van der Waals surface area contributed by atoms with Gasteiger partial charge in [0.1, 0.15) is 24.1 Å². The number of nitro groups is 1. The van der Waals surface area contributed by atoms with Crippen molar-refractivity contribution in [1.29, 1.82) is 0 Å². The number of oxime groups is 1. The maximum Gasteiger partial charge on any atom is 0.412 e. The summed E-state index contributed by atoms with van der Waals surface area (Å²) in [6.45, 7) is 7.19. The molecule has 0 aromatic heterocycles. The Labute approximate surface area is 394 Å². The Balaban J connectivity index is 1.36. The summed E-state index contributed by atoms with van der Waals surface area (Å²) in [6, 6.07) is 20.6. The number of nitrogens with zero attached hydrogens (tertiary/aromatic N) is 3. The maximum atomic E-state index is 14.8. The lowest BCUT2D eigenvalue weighted by atomic mass is 9.55. The van der Waals surface area contributed by atoms with Gasteiger partial charge in [-0.05, 0) is 103 Å². The van der Waals surface area contributed by atoms with E-state index in [-0.39, 0.29) is 62.2 Å². The molecule has 0 saturated heterocycles. The van der Waals surface area contributed by atoms with Crippen LogP contribution < -0.4 is 14.8 Å². The summed E-state index contributed by atoms with van der Waals surface area (Å²) in [4.78, 5) is 47.3. The highest BCUT2D eigenvalue weighted by atomic mass is 16.7. The molecule has 2 saturated carbocycles. The zero-order chi connectivity index (χ0) is 47.2. The fourth-order valence-electron chi connectivity index (χ4n) is 11.0. The van der Waals surface area contributed by atoms with Crippen molar-refractivity contribution in [2.45, 2.75) is 128 Å². The Morgan fingerprint density at radius 3 is 2.43 bits per heavy atom. The van der Waals surface area contributed by atoms with Crippen LogP contribution in [0.25, 0.3) is 0 Å². The first-order valence-electron chi connectivity index (χ1n) is 24.4. The third-order valence-electron chi connectivity index (χ3n) is 14.1. The first kappa shape index (κ1) is 49.3. The van der Waals surface area contributed by atoms with Gasteiger partial charge in [-0.15, -0.1) is 6.58 Å². The van der Waals surface area contributed by atoms with Crippen molar-refractivity contribution in [3.05, 3.63) is 124 Å². The number of nitrogens with one attached hydrogen (secondary N) is 1. The van der Waals surface area contributed by atoms with Gasteiger partial charge in [0.05, 0.1) is 23.2 Å². The van der Waals surface area contributed by atoms with Crippen molar-refractivity contribution >= 4 is 23.4 Å². The minimum Gasteiger partial charge on any atom is -0.459 e. The van der Waals surface area contributed by atoms with E-state index in [1.165, 1.54) is 25.0 Å². The number of hydrogen-bond acceptors (Lipinski definition) is 11. The molecule has 14 heteroatoms.